The maximum atomic E-state index is 11.4. The van der Waals surface area contributed by atoms with Crippen molar-refractivity contribution >= 4 is 5.97 Å². The van der Waals surface area contributed by atoms with Crippen LogP contribution in [0.1, 0.15) is 60.7 Å². The first-order chi connectivity index (χ1) is 14.8. The van der Waals surface area contributed by atoms with Crippen LogP contribution in [-0.4, -0.2) is 45.4 Å². The van der Waals surface area contributed by atoms with E-state index in [-0.39, 0.29) is 29.9 Å². The first-order valence-electron chi connectivity index (χ1n) is 11.1. The minimum absolute atomic E-state index is 0.0950. The molecule has 3 aliphatic heterocycles. The van der Waals surface area contributed by atoms with Gasteiger partial charge in [-0.25, -0.2) is 4.79 Å². The van der Waals surface area contributed by atoms with Gasteiger partial charge in [0.15, 0.2) is 11.5 Å². The van der Waals surface area contributed by atoms with Gasteiger partial charge in [0.2, 0.25) is 0 Å². The third-order valence-electron chi connectivity index (χ3n) is 7.16. The first-order valence-corrected chi connectivity index (χ1v) is 11.1. The molecular weight excluding hydrogens is 394 g/mol. The second kappa shape index (κ2) is 7.53. The molecule has 5 rings (SSSR count). The average Bonchev–Trinajstić information content (AvgIpc) is 2.74. The molecule has 164 valence electrons. The SMILES string of the molecule is CC1(C)Oc2c(O)cccc2[C@@H]2O[C@@H]3CCCN(Cc4cccc(C(=O)O)c4)[C@@H]3C[C@H]21. The molecule has 6 heteroatoms. The number of aromatic hydroxyl groups is 1. The van der Waals surface area contributed by atoms with Crippen molar-refractivity contribution in [3.05, 3.63) is 59.2 Å². The van der Waals surface area contributed by atoms with E-state index in [0.29, 0.717) is 17.9 Å². The molecule has 6 nitrogen and oxygen atoms in total. The van der Waals surface area contributed by atoms with E-state index in [2.05, 4.69) is 18.7 Å². The van der Waals surface area contributed by atoms with Gasteiger partial charge in [-0.3, -0.25) is 4.90 Å². The molecule has 0 aliphatic carbocycles. The van der Waals surface area contributed by atoms with Crippen LogP contribution in [0.25, 0.3) is 0 Å². The number of carbonyl (C=O) groups is 1. The molecule has 0 saturated carbocycles. The van der Waals surface area contributed by atoms with E-state index in [4.69, 9.17) is 9.47 Å². The van der Waals surface area contributed by atoms with Gasteiger partial charge in [-0.1, -0.05) is 24.3 Å². The number of rotatable bonds is 3. The predicted octanol–water partition coefficient (Wildman–Crippen LogP) is 4.37. The zero-order valence-electron chi connectivity index (χ0n) is 18.0. The Labute approximate surface area is 182 Å². The molecular formula is C25H29NO5. The summed E-state index contributed by atoms with van der Waals surface area (Å²) in [6, 6.07) is 13.0. The van der Waals surface area contributed by atoms with Crippen LogP contribution in [0, 0.1) is 5.92 Å². The van der Waals surface area contributed by atoms with E-state index in [1.807, 2.05) is 24.3 Å². The highest BCUT2D eigenvalue weighted by Crippen LogP contribution is 2.54. The van der Waals surface area contributed by atoms with Crippen LogP contribution in [0.15, 0.2) is 42.5 Å². The van der Waals surface area contributed by atoms with Gasteiger partial charge >= 0.3 is 5.97 Å². The van der Waals surface area contributed by atoms with Crippen molar-refractivity contribution in [3.63, 3.8) is 0 Å². The molecule has 0 amide bonds. The Morgan fingerprint density at radius 3 is 2.84 bits per heavy atom. The lowest BCUT2D eigenvalue weighted by molar-refractivity contribution is -0.190. The summed E-state index contributed by atoms with van der Waals surface area (Å²) in [5, 5.41) is 19.7. The monoisotopic (exact) mass is 423 g/mol. The Balaban J connectivity index is 1.42. The van der Waals surface area contributed by atoms with E-state index >= 15 is 0 Å². The number of carboxylic acids is 1. The van der Waals surface area contributed by atoms with Crippen molar-refractivity contribution in [2.24, 2.45) is 5.92 Å². The second-order valence-electron chi connectivity index (χ2n) is 9.52. The zero-order chi connectivity index (χ0) is 21.8. The Kier molecular flexibility index (Phi) is 4.94. The summed E-state index contributed by atoms with van der Waals surface area (Å²) in [6.45, 7) is 5.83. The topological polar surface area (TPSA) is 79.2 Å². The number of hydrogen-bond acceptors (Lipinski definition) is 5. The number of phenols is 1. The van der Waals surface area contributed by atoms with E-state index in [1.165, 1.54) is 0 Å². The molecule has 2 saturated heterocycles. The van der Waals surface area contributed by atoms with E-state index in [9.17, 15) is 15.0 Å². The van der Waals surface area contributed by atoms with Crippen LogP contribution in [0.3, 0.4) is 0 Å². The molecule has 2 N–H and O–H groups in total. The van der Waals surface area contributed by atoms with Gasteiger partial charge in [-0.05, 0) is 63.4 Å². The number of ether oxygens (including phenoxy) is 2. The Morgan fingerprint density at radius 2 is 2.03 bits per heavy atom. The highest BCUT2D eigenvalue weighted by Gasteiger charge is 2.52. The van der Waals surface area contributed by atoms with Crippen LogP contribution >= 0.6 is 0 Å². The maximum absolute atomic E-state index is 11.4. The Morgan fingerprint density at radius 1 is 1.23 bits per heavy atom. The largest absolute Gasteiger partial charge is 0.504 e. The highest BCUT2D eigenvalue weighted by molar-refractivity contribution is 5.87. The normalized spacial score (nSPS) is 29.2. The third-order valence-corrected chi connectivity index (χ3v) is 7.16. The minimum Gasteiger partial charge on any atom is -0.504 e. The smallest absolute Gasteiger partial charge is 0.335 e. The number of benzene rings is 2. The summed E-state index contributed by atoms with van der Waals surface area (Å²) in [4.78, 5) is 13.8. The number of fused-ring (bicyclic) bond motifs is 4. The van der Waals surface area contributed by atoms with Crippen LogP contribution in [0.2, 0.25) is 0 Å². The Hall–Kier alpha value is -2.57. The highest BCUT2D eigenvalue weighted by atomic mass is 16.5. The number of likely N-dealkylation sites (tertiary alicyclic amines) is 1. The van der Waals surface area contributed by atoms with Gasteiger partial charge in [0, 0.05) is 24.1 Å². The van der Waals surface area contributed by atoms with Crippen molar-refractivity contribution < 1.29 is 24.5 Å². The molecule has 31 heavy (non-hydrogen) atoms. The van der Waals surface area contributed by atoms with Gasteiger partial charge in [0.05, 0.1) is 17.8 Å². The molecule has 4 atom stereocenters. The number of aromatic carboxylic acids is 1. The summed E-state index contributed by atoms with van der Waals surface area (Å²) < 4.78 is 13.0. The molecule has 2 fully saturated rings. The lowest BCUT2D eigenvalue weighted by Gasteiger charge is -2.54. The van der Waals surface area contributed by atoms with Crippen LogP contribution in [0.5, 0.6) is 11.5 Å². The summed E-state index contributed by atoms with van der Waals surface area (Å²) in [5.74, 6) is -0.0251. The number of carboxylic acid groups (broad SMARTS) is 1. The van der Waals surface area contributed by atoms with Crippen molar-refractivity contribution in [2.45, 2.75) is 63.5 Å². The lowest BCUT2D eigenvalue weighted by atomic mass is 9.72. The molecule has 2 aromatic carbocycles. The van der Waals surface area contributed by atoms with Gasteiger partial charge < -0.3 is 19.7 Å². The van der Waals surface area contributed by atoms with E-state index in [1.54, 1.807) is 18.2 Å². The maximum Gasteiger partial charge on any atom is 0.335 e. The quantitative estimate of drug-likeness (QED) is 0.763. The number of piperidine rings is 1. The minimum atomic E-state index is -0.898. The summed E-state index contributed by atoms with van der Waals surface area (Å²) in [5.41, 5.74) is 1.81. The molecule has 0 aromatic heterocycles. The van der Waals surface area contributed by atoms with Crippen molar-refractivity contribution in [2.75, 3.05) is 6.54 Å². The van der Waals surface area contributed by atoms with Crippen LogP contribution < -0.4 is 4.74 Å². The molecule has 3 heterocycles. The Bertz CT molecular complexity index is 1000. The van der Waals surface area contributed by atoms with Crippen molar-refractivity contribution in [1.82, 2.24) is 4.90 Å². The summed E-state index contributed by atoms with van der Waals surface area (Å²) >= 11 is 0. The second-order valence-corrected chi connectivity index (χ2v) is 9.52. The standard InChI is InChI=1S/C25H29NO5/c1-25(2)18-13-19-21(30-22(18)17-8-4-9-20(27)23(17)31-25)10-5-11-26(19)14-15-6-3-7-16(12-15)24(28)29/h3-4,6-9,12,18-19,21-22,27H,5,10-11,13-14H2,1-2H3,(H,28,29)/t18-,19-,21-,22+/m1/s1. The number of phenolic OH excluding ortho intramolecular Hbond substituents is 1. The van der Waals surface area contributed by atoms with Crippen LogP contribution in [0.4, 0.5) is 0 Å². The number of nitrogens with zero attached hydrogens (tertiary/aromatic N) is 1. The van der Waals surface area contributed by atoms with Crippen LogP contribution in [-0.2, 0) is 11.3 Å². The third kappa shape index (κ3) is 3.58. The van der Waals surface area contributed by atoms with Gasteiger partial charge in [-0.2, -0.15) is 0 Å². The van der Waals surface area contributed by atoms with E-state index < -0.39 is 11.6 Å². The fraction of sp³-hybridized carbons (Fsp3) is 0.480. The van der Waals surface area contributed by atoms with Crippen molar-refractivity contribution in [1.29, 1.82) is 0 Å². The predicted molar refractivity (Wildman–Crippen MR) is 115 cm³/mol. The number of hydrogen-bond donors (Lipinski definition) is 2. The van der Waals surface area contributed by atoms with Gasteiger partial charge in [0.25, 0.3) is 0 Å². The first kappa shape index (κ1) is 20.3. The molecule has 0 bridgehead atoms. The molecule has 0 unspecified atom stereocenters. The van der Waals surface area contributed by atoms with Crippen molar-refractivity contribution in [3.8, 4) is 11.5 Å². The lowest BCUT2D eigenvalue weighted by Crippen LogP contribution is -2.58. The molecule has 3 aliphatic rings. The molecule has 0 radical (unpaired) electrons. The molecule has 2 aromatic rings. The summed E-state index contributed by atoms with van der Waals surface area (Å²) in [6.07, 6.45) is 3.01. The van der Waals surface area contributed by atoms with Gasteiger partial charge in [-0.15, -0.1) is 0 Å². The fourth-order valence-electron chi connectivity index (χ4n) is 5.60. The fourth-order valence-corrected chi connectivity index (χ4v) is 5.60. The zero-order valence-corrected chi connectivity index (χ0v) is 18.0. The molecule has 0 spiro atoms. The summed E-state index contributed by atoms with van der Waals surface area (Å²) in [7, 11) is 0. The van der Waals surface area contributed by atoms with E-state index in [0.717, 1.165) is 36.9 Å². The average molecular weight is 424 g/mol. The van der Waals surface area contributed by atoms with Gasteiger partial charge in [0.1, 0.15) is 5.60 Å². The number of para-hydroxylation sites is 1.